The number of benzene rings is 1. The van der Waals surface area contributed by atoms with Crippen molar-refractivity contribution in [2.24, 2.45) is 0 Å². The van der Waals surface area contributed by atoms with E-state index in [2.05, 4.69) is 0 Å². The Labute approximate surface area is 137 Å². The van der Waals surface area contributed by atoms with Crippen molar-refractivity contribution in [1.29, 1.82) is 0 Å². The van der Waals surface area contributed by atoms with E-state index in [4.69, 9.17) is 5.73 Å². The fourth-order valence-electron chi connectivity index (χ4n) is 2.31. The van der Waals surface area contributed by atoms with Crippen LogP contribution in [0, 0.1) is 6.92 Å². The van der Waals surface area contributed by atoms with Crippen LogP contribution in [0.2, 0.25) is 0 Å². The van der Waals surface area contributed by atoms with Gasteiger partial charge >= 0.3 is 0 Å². The Balaban J connectivity index is 1.96. The molecule has 0 aromatic heterocycles. The van der Waals surface area contributed by atoms with E-state index < -0.39 is 9.84 Å². The molecule has 1 aliphatic rings. The number of nitrogen functional groups attached to an aromatic ring is 1. The number of nitrogens with two attached hydrogens (primary N) is 1. The van der Waals surface area contributed by atoms with Gasteiger partial charge in [0.25, 0.3) is 5.91 Å². The maximum atomic E-state index is 12.5. The Bertz CT molecular complexity index is 705. The molecule has 1 heterocycles. The molecule has 7 heteroatoms. The zero-order valence-electron chi connectivity index (χ0n) is 13.5. The van der Waals surface area contributed by atoms with Crippen molar-refractivity contribution < 1.29 is 13.2 Å². The molecule has 6 nitrogen and oxygen atoms in total. The van der Waals surface area contributed by atoms with Gasteiger partial charge in [0.1, 0.15) is 0 Å². The van der Waals surface area contributed by atoms with Crippen molar-refractivity contribution in [1.82, 2.24) is 9.80 Å². The highest BCUT2D eigenvalue weighted by Gasteiger charge is 2.21. The summed E-state index contributed by atoms with van der Waals surface area (Å²) in [4.78, 5) is 16.2. The lowest BCUT2D eigenvalue weighted by Crippen LogP contribution is -2.46. The summed E-state index contributed by atoms with van der Waals surface area (Å²) >= 11 is 0. The third kappa shape index (κ3) is 4.48. The van der Waals surface area contributed by atoms with Crippen LogP contribution in [0.1, 0.15) is 22.8 Å². The summed E-state index contributed by atoms with van der Waals surface area (Å²) in [6.45, 7) is 5.86. The third-order valence-electron chi connectivity index (χ3n) is 4.01. The Kier molecular flexibility index (Phi) is 5.30. The highest BCUT2D eigenvalue weighted by molar-refractivity contribution is 7.94. The summed E-state index contributed by atoms with van der Waals surface area (Å²) in [5.74, 6) is 0.0538. The van der Waals surface area contributed by atoms with Gasteiger partial charge in [0.15, 0.2) is 9.84 Å². The van der Waals surface area contributed by atoms with Crippen molar-refractivity contribution in [2.75, 3.05) is 37.7 Å². The number of rotatable bonds is 4. The Hall–Kier alpha value is -2.02. The van der Waals surface area contributed by atoms with Gasteiger partial charge in [-0.2, -0.15) is 0 Å². The van der Waals surface area contributed by atoms with Gasteiger partial charge in [-0.15, -0.1) is 0 Å². The number of piperazine rings is 1. The highest BCUT2D eigenvalue weighted by atomic mass is 32.2. The van der Waals surface area contributed by atoms with E-state index in [0.717, 1.165) is 5.56 Å². The highest BCUT2D eigenvalue weighted by Crippen LogP contribution is 2.16. The lowest BCUT2D eigenvalue weighted by Gasteiger charge is -2.34. The zero-order chi connectivity index (χ0) is 17.0. The van der Waals surface area contributed by atoms with E-state index in [0.29, 0.717) is 37.4 Å². The molecule has 0 radical (unpaired) electrons. The molecule has 126 valence electrons. The van der Waals surface area contributed by atoms with Crippen LogP contribution in [0.4, 0.5) is 5.69 Å². The predicted octanol–water partition coefficient (Wildman–Crippen LogP) is 1.24. The number of sulfone groups is 1. The largest absolute Gasteiger partial charge is 0.398 e. The van der Waals surface area contributed by atoms with Crippen LogP contribution in [-0.2, 0) is 9.84 Å². The maximum Gasteiger partial charge on any atom is 0.254 e. The molecule has 1 fully saturated rings. The maximum absolute atomic E-state index is 12.5. The van der Waals surface area contributed by atoms with E-state index in [1.54, 1.807) is 30.2 Å². The molecule has 0 saturated carbocycles. The van der Waals surface area contributed by atoms with Gasteiger partial charge in [-0.1, -0.05) is 13.0 Å². The monoisotopic (exact) mass is 337 g/mol. The fourth-order valence-corrected chi connectivity index (χ4v) is 2.86. The van der Waals surface area contributed by atoms with E-state index in [9.17, 15) is 13.2 Å². The summed E-state index contributed by atoms with van der Waals surface area (Å²) in [7, 11) is -3.12. The first-order chi connectivity index (χ1) is 10.8. The van der Waals surface area contributed by atoms with Gasteiger partial charge < -0.3 is 15.5 Å². The first-order valence-corrected chi connectivity index (χ1v) is 9.34. The number of aryl methyl sites for hydroxylation is 1. The van der Waals surface area contributed by atoms with Gasteiger partial charge in [-0.25, -0.2) is 8.42 Å². The van der Waals surface area contributed by atoms with Crippen molar-refractivity contribution in [2.45, 2.75) is 13.8 Å². The van der Waals surface area contributed by atoms with Gasteiger partial charge in [0.05, 0.1) is 5.75 Å². The number of anilines is 1. The summed E-state index contributed by atoms with van der Waals surface area (Å²) in [6.07, 6.45) is 1.60. The van der Waals surface area contributed by atoms with Crippen LogP contribution in [0.15, 0.2) is 29.8 Å². The van der Waals surface area contributed by atoms with Crippen molar-refractivity contribution in [3.05, 3.63) is 40.9 Å². The number of nitrogens with zero attached hydrogens (tertiary/aromatic N) is 2. The molecule has 0 aliphatic carbocycles. The smallest absolute Gasteiger partial charge is 0.254 e. The Morgan fingerprint density at radius 2 is 1.91 bits per heavy atom. The second-order valence-corrected chi connectivity index (χ2v) is 7.81. The van der Waals surface area contributed by atoms with Crippen LogP contribution in [0.5, 0.6) is 0 Å². The SMILES string of the molecule is CCS(=O)(=O)C=CN1CCN(C(=O)c2ccc(C)c(N)c2)CC1. The Morgan fingerprint density at radius 1 is 1.26 bits per heavy atom. The molecular formula is C16H23N3O3S. The number of amides is 1. The van der Waals surface area contributed by atoms with Crippen molar-refractivity contribution in [3.63, 3.8) is 0 Å². The minimum absolute atomic E-state index is 0.0403. The van der Waals surface area contributed by atoms with E-state index in [-0.39, 0.29) is 11.7 Å². The molecule has 1 aromatic carbocycles. The minimum Gasteiger partial charge on any atom is -0.398 e. The average Bonchev–Trinajstić information content (AvgIpc) is 2.55. The Morgan fingerprint density at radius 3 is 2.48 bits per heavy atom. The fraction of sp³-hybridized carbons (Fsp3) is 0.438. The molecule has 0 spiro atoms. The molecule has 0 atom stereocenters. The van der Waals surface area contributed by atoms with Crippen LogP contribution in [-0.4, -0.2) is 56.1 Å². The van der Waals surface area contributed by atoms with Gasteiger partial charge in [0.2, 0.25) is 0 Å². The summed E-state index contributed by atoms with van der Waals surface area (Å²) in [5, 5.41) is 1.24. The predicted molar refractivity (Wildman–Crippen MR) is 91.7 cm³/mol. The van der Waals surface area contributed by atoms with Crippen LogP contribution < -0.4 is 5.73 Å². The molecule has 0 bridgehead atoms. The van der Waals surface area contributed by atoms with E-state index in [1.807, 2.05) is 17.9 Å². The van der Waals surface area contributed by atoms with Crippen molar-refractivity contribution in [3.8, 4) is 0 Å². The van der Waals surface area contributed by atoms with Crippen LogP contribution >= 0.6 is 0 Å². The average molecular weight is 337 g/mol. The first kappa shape index (κ1) is 17.3. The topological polar surface area (TPSA) is 83.7 Å². The van der Waals surface area contributed by atoms with Crippen LogP contribution in [0.3, 0.4) is 0 Å². The number of hydrogen-bond donors (Lipinski definition) is 1. The second-order valence-electron chi connectivity index (χ2n) is 5.64. The quantitative estimate of drug-likeness (QED) is 0.836. The van der Waals surface area contributed by atoms with Gasteiger partial charge in [0, 0.05) is 49.0 Å². The summed E-state index contributed by atoms with van der Waals surface area (Å²) < 4.78 is 22.9. The molecule has 1 saturated heterocycles. The molecule has 2 rings (SSSR count). The van der Waals surface area contributed by atoms with Gasteiger partial charge in [-0.3, -0.25) is 4.79 Å². The number of carbonyl (C=O) groups is 1. The summed E-state index contributed by atoms with van der Waals surface area (Å²) in [6, 6.07) is 5.34. The number of hydrogen-bond acceptors (Lipinski definition) is 5. The molecule has 1 aromatic rings. The summed E-state index contributed by atoms with van der Waals surface area (Å²) in [5.41, 5.74) is 8.01. The lowest BCUT2D eigenvalue weighted by atomic mass is 10.1. The standard InChI is InChI=1S/C16H23N3O3S/c1-3-23(21,22)11-10-18-6-8-19(9-7-18)16(20)14-5-4-13(2)15(17)12-14/h4-5,10-12H,3,6-9,17H2,1-2H3. The van der Waals surface area contributed by atoms with Crippen LogP contribution in [0.25, 0.3) is 0 Å². The molecular weight excluding hydrogens is 314 g/mol. The molecule has 23 heavy (non-hydrogen) atoms. The zero-order valence-corrected chi connectivity index (χ0v) is 14.3. The molecule has 1 aliphatic heterocycles. The third-order valence-corrected chi connectivity index (χ3v) is 5.35. The van der Waals surface area contributed by atoms with E-state index >= 15 is 0 Å². The minimum atomic E-state index is -3.12. The lowest BCUT2D eigenvalue weighted by molar-refractivity contribution is 0.0679. The first-order valence-electron chi connectivity index (χ1n) is 7.63. The molecule has 1 amide bonds. The van der Waals surface area contributed by atoms with Crippen molar-refractivity contribution >= 4 is 21.4 Å². The molecule has 2 N–H and O–H groups in total. The number of carbonyl (C=O) groups excluding carboxylic acids is 1. The molecule has 0 unspecified atom stereocenters. The van der Waals surface area contributed by atoms with Gasteiger partial charge in [-0.05, 0) is 24.6 Å². The normalized spacial score (nSPS) is 16.1. The second kappa shape index (κ2) is 7.04. The van der Waals surface area contributed by atoms with E-state index in [1.165, 1.54) is 5.41 Å².